The van der Waals surface area contributed by atoms with Gasteiger partial charge in [0.25, 0.3) is 0 Å². The number of unbranched alkanes of at least 4 members (excludes halogenated alkanes) is 1. The molecule has 0 saturated carbocycles. The summed E-state index contributed by atoms with van der Waals surface area (Å²) in [6.45, 7) is 2.07. The van der Waals surface area contributed by atoms with Crippen LogP contribution in [0.4, 0.5) is 0 Å². The Morgan fingerprint density at radius 3 is 1.37 bits per heavy atom. The number of carbonyl (C=O) groups is 4. The summed E-state index contributed by atoms with van der Waals surface area (Å²) in [5, 5.41) is 16.9. The molecule has 2 atom stereocenters. The molecule has 0 bridgehead atoms. The molecule has 2 N–H and O–H groups in total. The van der Waals surface area contributed by atoms with Crippen LogP contribution in [0.25, 0.3) is 0 Å². The molecule has 10 heteroatoms. The molecule has 1 aromatic carbocycles. The number of carbonyl (C=O) groups excluding carboxylic acids is 2. The van der Waals surface area contributed by atoms with Gasteiger partial charge in [0.1, 0.15) is 25.4 Å². The molecule has 2 saturated heterocycles. The van der Waals surface area contributed by atoms with Crippen molar-refractivity contribution in [1.82, 2.24) is 0 Å². The highest BCUT2D eigenvalue weighted by Crippen LogP contribution is 2.11. The summed E-state index contributed by atoms with van der Waals surface area (Å²) < 4.78 is 19.8. The maximum atomic E-state index is 11.2. The van der Waals surface area contributed by atoms with Crippen molar-refractivity contribution >= 4 is 23.9 Å². The van der Waals surface area contributed by atoms with Gasteiger partial charge in [0.2, 0.25) is 0 Å². The van der Waals surface area contributed by atoms with E-state index in [2.05, 4.69) is 0 Å². The van der Waals surface area contributed by atoms with E-state index in [-0.39, 0.29) is 35.3 Å². The number of aromatic carboxylic acids is 2. The lowest BCUT2D eigenvalue weighted by molar-refractivity contribution is -0.146. The second-order valence-corrected chi connectivity index (χ2v) is 6.67. The van der Waals surface area contributed by atoms with Crippen LogP contribution in [-0.4, -0.2) is 72.7 Å². The topological polar surface area (TPSA) is 152 Å². The van der Waals surface area contributed by atoms with Gasteiger partial charge in [-0.2, -0.15) is 0 Å². The molecular weight excluding hydrogens is 400 g/mol. The van der Waals surface area contributed by atoms with E-state index in [1.165, 1.54) is 24.3 Å². The lowest BCUT2D eigenvalue weighted by Crippen LogP contribution is -2.11. The van der Waals surface area contributed by atoms with E-state index in [4.69, 9.17) is 29.2 Å². The van der Waals surface area contributed by atoms with Crippen molar-refractivity contribution in [3.8, 4) is 0 Å². The molecule has 2 aliphatic heterocycles. The van der Waals surface area contributed by atoms with Crippen LogP contribution in [0.3, 0.4) is 0 Å². The number of hydrogen-bond donors (Lipinski definition) is 2. The zero-order chi connectivity index (χ0) is 21.9. The van der Waals surface area contributed by atoms with E-state index in [9.17, 15) is 19.2 Å². The van der Waals surface area contributed by atoms with E-state index in [0.717, 1.165) is 0 Å². The fourth-order valence-corrected chi connectivity index (χ4v) is 2.14. The first-order valence-corrected chi connectivity index (χ1v) is 9.46. The first kappa shape index (κ1) is 23.3. The van der Waals surface area contributed by atoms with E-state index in [0.29, 0.717) is 52.1 Å². The van der Waals surface area contributed by atoms with Crippen molar-refractivity contribution in [2.75, 3.05) is 26.4 Å². The number of epoxide rings is 2. The number of hydrogen-bond acceptors (Lipinski definition) is 8. The monoisotopic (exact) mass is 424 g/mol. The van der Waals surface area contributed by atoms with Crippen molar-refractivity contribution in [3.05, 3.63) is 35.4 Å². The molecule has 10 nitrogen and oxygen atoms in total. The fraction of sp³-hybridized carbons (Fsp3) is 0.500. The Labute approximate surface area is 172 Å². The lowest BCUT2D eigenvalue weighted by atomic mass is 10.1. The number of carboxylic acid groups (broad SMARTS) is 2. The molecule has 2 unspecified atom stereocenters. The summed E-state index contributed by atoms with van der Waals surface area (Å²) in [6, 6.07) is 5.02. The van der Waals surface area contributed by atoms with Crippen LogP contribution < -0.4 is 0 Å². The first-order valence-electron chi connectivity index (χ1n) is 9.46. The maximum Gasteiger partial charge on any atom is 0.335 e. The molecule has 2 aliphatic rings. The summed E-state index contributed by atoms with van der Waals surface area (Å²) in [7, 11) is 0. The quantitative estimate of drug-likeness (QED) is 0.304. The van der Waals surface area contributed by atoms with E-state index >= 15 is 0 Å². The van der Waals surface area contributed by atoms with Gasteiger partial charge in [-0.05, 0) is 37.1 Å². The Bertz CT molecular complexity index is 671. The molecule has 0 aliphatic carbocycles. The van der Waals surface area contributed by atoms with Crippen molar-refractivity contribution < 1.29 is 48.3 Å². The van der Waals surface area contributed by atoms with E-state index < -0.39 is 11.9 Å². The van der Waals surface area contributed by atoms with Gasteiger partial charge in [0, 0.05) is 12.8 Å². The van der Waals surface area contributed by atoms with Crippen LogP contribution in [0.1, 0.15) is 46.4 Å². The Balaban J connectivity index is 0.000000232. The van der Waals surface area contributed by atoms with Crippen LogP contribution in [0.2, 0.25) is 0 Å². The average Bonchev–Trinajstić information content (AvgIpc) is 3.63. The SMILES string of the molecule is O=C(CCCCC(=O)OCC1CO1)OCC1CO1.O=C(O)c1ccc(C(=O)O)cc1. The highest BCUT2D eigenvalue weighted by molar-refractivity contribution is 5.91. The highest BCUT2D eigenvalue weighted by Gasteiger charge is 2.24. The van der Waals surface area contributed by atoms with Crippen molar-refractivity contribution in [2.24, 2.45) is 0 Å². The van der Waals surface area contributed by atoms with Crippen LogP contribution >= 0.6 is 0 Å². The van der Waals surface area contributed by atoms with Crippen molar-refractivity contribution in [3.63, 3.8) is 0 Å². The fourth-order valence-electron chi connectivity index (χ4n) is 2.14. The Morgan fingerprint density at radius 1 is 0.767 bits per heavy atom. The van der Waals surface area contributed by atoms with Crippen LogP contribution in [0.5, 0.6) is 0 Å². The smallest absolute Gasteiger partial charge is 0.335 e. The molecule has 0 radical (unpaired) electrons. The van der Waals surface area contributed by atoms with Gasteiger partial charge >= 0.3 is 23.9 Å². The van der Waals surface area contributed by atoms with Crippen molar-refractivity contribution in [1.29, 1.82) is 0 Å². The summed E-state index contributed by atoms with van der Waals surface area (Å²) in [4.78, 5) is 43.1. The minimum atomic E-state index is -1.06. The second kappa shape index (κ2) is 11.9. The molecule has 30 heavy (non-hydrogen) atoms. The van der Waals surface area contributed by atoms with Crippen molar-refractivity contribution in [2.45, 2.75) is 37.9 Å². The number of carboxylic acids is 2. The van der Waals surface area contributed by atoms with Crippen LogP contribution in [0, 0.1) is 0 Å². The lowest BCUT2D eigenvalue weighted by Gasteiger charge is -2.03. The molecule has 3 rings (SSSR count). The number of rotatable bonds is 11. The zero-order valence-electron chi connectivity index (χ0n) is 16.3. The standard InChI is InChI=1S/C12H18O6.C8H6O4/c13-11(17-7-9-5-15-9)3-1-2-4-12(14)18-8-10-6-16-10;9-7(10)5-1-2-6(4-3-5)8(11)12/h9-10H,1-8H2;1-4H,(H,9,10)(H,11,12). The minimum absolute atomic E-state index is 0.0833. The molecule has 0 amide bonds. The van der Waals surface area contributed by atoms with Crippen LogP contribution in [0.15, 0.2) is 24.3 Å². The summed E-state index contributed by atoms with van der Waals surface area (Å²) >= 11 is 0. The van der Waals surface area contributed by atoms with Gasteiger partial charge < -0.3 is 29.2 Å². The van der Waals surface area contributed by atoms with Gasteiger partial charge in [-0.25, -0.2) is 9.59 Å². The molecule has 164 valence electrons. The summed E-state index contributed by atoms with van der Waals surface area (Å²) in [6.07, 6.45) is 2.16. The third-order valence-electron chi connectivity index (χ3n) is 4.06. The molecule has 2 fully saturated rings. The van der Waals surface area contributed by atoms with E-state index in [1.54, 1.807) is 0 Å². The predicted molar refractivity (Wildman–Crippen MR) is 100 cm³/mol. The van der Waals surface area contributed by atoms with Gasteiger partial charge in [0.15, 0.2) is 0 Å². The van der Waals surface area contributed by atoms with Gasteiger partial charge in [-0.15, -0.1) is 0 Å². The molecule has 0 spiro atoms. The predicted octanol–water partition coefficient (Wildman–Crippen LogP) is 1.51. The average molecular weight is 424 g/mol. The maximum absolute atomic E-state index is 11.2. The normalized spacial score (nSPS) is 18.4. The minimum Gasteiger partial charge on any atom is -0.478 e. The molecule has 1 aromatic rings. The van der Waals surface area contributed by atoms with Crippen LogP contribution in [-0.2, 0) is 28.5 Å². The summed E-state index contributed by atoms with van der Waals surface area (Å²) in [5.74, 6) is -2.59. The molecular formula is C20H24O10. The Morgan fingerprint density at radius 2 is 1.10 bits per heavy atom. The second-order valence-electron chi connectivity index (χ2n) is 6.67. The largest absolute Gasteiger partial charge is 0.478 e. The number of ether oxygens (including phenoxy) is 4. The first-order chi connectivity index (χ1) is 14.3. The molecule has 0 aromatic heterocycles. The number of benzene rings is 1. The molecule has 2 heterocycles. The Kier molecular flexibility index (Phi) is 9.23. The summed E-state index contributed by atoms with van der Waals surface area (Å²) in [5.41, 5.74) is 0.167. The van der Waals surface area contributed by atoms with Gasteiger partial charge in [0.05, 0.1) is 24.3 Å². The van der Waals surface area contributed by atoms with Gasteiger partial charge in [-0.3, -0.25) is 9.59 Å². The zero-order valence-corrected chi connectivity index (χ0v) is 16.3. The third kappa shape index (κ3) is 9.99. The number of esters is 2. The highest BCUT2D eigenvalue weighted by atomic mass is 16.6. The third-order valence-corrected chi connectivity index (χ3v) is 4.06. The van der Waals surface area contributed by atoms with Gasteiger partial charge in [-0.1, -0.05) is 0 Å². The Hall–Kier alpha value is -2.98. The van der Waals surface area contributed by atoms with E-state index in [1.807, 2.05) is 0 Å².